The third-order valence-electron chi connectivity index (χ3n) is 3.94. The Balaban J connectivity index is 1.91. The molecule has 0 saturated heterocycles. The van der Waals surface area contributed by atoms with E-state index < -0.39 is 0 Å². The number of nitrogens with zero attached hydrogens (tertiary/aromatic N) is 3. The number of hydrogen-bond donors (Lipinski definition) is 1. The maximum Gasteiger partial charge on any atom is 0.145 e. The number of rotatable bonds is 0. The third kappa shape index (κ3) is 1.73. The Morgan fingerprint density at radius 2 is 2.32 bits per heavy atom. The third-order valence-corrected chi connectivity index (χ3v) is 3.94. The predicted molar refractivity (Wildman–Crippen MR) is 71.4 cm³/mol. The van der Waals surface area contributed by atoms with Crippen LogP contribution in [0.4, 0.5) is 5.82 Å². The molecular weight excluding hydrogens is 240 g/mol. The summed E-state index contributed by atoms with van der Waals surface area (Å²) in [6.07, 6.45) is 10.7. The minimum atomic E-state index is 0.362. The Kier molecular flexibility index (Phi) is 2.51. The summed E-state index contributed by atoms with van der Waals surface area (Å²) in [5.41, 5.74) is 3.63. The Hall–Kier alpha value is -1.88. The Bertz CT molecular complexity index is 567. The number of allylic oxidation sites excluding steroid dienone is 1. The van der Waals surface area contributed by atoms with Gasteiger partial charge in [0.1, 0.15) is 25.0 Å². The minimum absolute atomic E-state index is 0.362. The van der Waals surface area contributed by atoms with Gasteiger partial charge >= 0.3 is 0 Å². The van der Waals surface area contributed by atoms with Crippen molar-refractivity contribution in [3.8, 4) is 0 Å². The quantitative estimate of drug-likeness (QED) is 0.765. The lowest BCUT2D eigenvalue weighted by molar-refractivity contribution is 0.287. The minimum Gasteiger partial charge on any atom is -0.495 e. The van der Waals surface area contributed by atoms with Gasteiger partial charge in [-0.2, -0.15) is 0 Å². The molecule has 0 spiro atoms. The van der Waals surface area contributed by atoms with E-state index in [1.165, 1.54) is 17.0 Å². The molecule has 1 unspecified atom stereocenters. The molecule has 0 radical (unpaired) electrons. The molecule has 98 valence electrons. The van der Waals surface area contributed by atoms with Crippen molar-refractivity contribution in [2.24, 2.45) is 0 Å². The Morgan fingerprint density at radius 3 is 3.32 bits per heavy atom. The van der Waals surface area contributed by atoms with Gasteiger partial charge in [0.2, 0.25) is 0 Å². The van der Waals surface area contributed by atoms with Gasteiger partial charge in [-0.25, -0.2) is 9.97 Å². The highest BCUT2D eigenvalue weighted by Crippen LogP contribution is 2.39. The van der Waals surface area contributed by atoms with E-state index in [4.69, 9.17) is 4.74 Å². The second-order valence-electron chi connectivity index (χ2n) is 5.05. The van der Waals surface area contributed by atoms with E-state index in [1.54, 1.807) is 6.33 Å². The predicted octanol–water partition coefficient (Wildman–Crippen LogP) is 1.65. The number of anilines is 1. The lowest BCUT2D eigenvalue weighted by Gasteiger charge is -2.27. The normalized spacial score (nSPS) is 24.5. The van der Waals surface area contributed by atoms with Crippen LogP contribution in [0.2, 0.25) is 0 Å². The van der Waals surface area contributed by atoms with Crippen LogP contribution in [0.15, 0.2) is 30.6 Å². The summed E-state index contributed by atoms with van der Waals surface area (Å²) in [5, 5.41) is 3.58. The molecule has 4 heterocycles. The summed E-state index contributed by atoms with van der Waals surface area (Å²) < 4.78 is 5.49. The van der Waals surface area contributed by atoms with Crippen LogP contribution in [0.1, 0.15) is 30.1 Å². The molecule has 0 saturated carbocycles. The van der Waals surface area contributed by atoms with Gasteiger partial charge in [0.05, 0.1) is 11.4 Å². The van der Waals surface area contributed by atoms with E-state index in [2.05, 4.69) is 26.4 Å². The van der Waals surface area contributed by atoms with Crippen molar-refractivity contribution >= 4 is 5.82 Å². The highest BCUT2D eigenvalue weighted by molar-refractivity contribution is 5.59. The molecule has 0 aliphatic carbocycles. The van der Waals surface area contributed by atoms with Gasteiger partial charge in [0.15, 0.2) is 0 Å². The largest absolute Gasteiger partial charge is 0.495 e. The number of fused-ring (bicyclic) bond motifs is 2. The Morgan fingerprint density at radius 1 is 1.32 bits per heavy atom. The highest BCUT2D eigenvalue weighted by atomic mass is 16.5. The molecule has 1 N–H and O–H groups in total. The molecule has 0 amide bonds. The topological polar surface area (TPSA) is 50.3 Å². The molecule has 0 aromatic carbocycles. The summed E-state index contributed by atoms with van der Waals surface area (Å²) in [6.45, 7) is 1.62. The zero-order valence-electron chi connectivity index (χ0n) is 10.7. The van der Waals surface area contributed by atoms with Gasteiger partial charge < -0.3 is 15.0 Å². The van der Waals surface area contributed by atoms with Gasteiger partial charge in [-0.3, -0.25) is 0 Å². The average Bonchev–Trinajstić information content (AvgIpc) is 2.76. The molecule has 1 aromatic rings. The van der Waals surface area contributed by atoms with Crippen LogP contribution in [0.25, 0.3) is 0 Å². The summed E-state index contributed by atoms with van der Waals surface area (Å²) in [7, 11) is 0. The molecule has 1 atom stereocenters. The first-order valence-corrected chi connectivity index (χ1v) is 6.77. The van der Waals surface area contributed by atoms with Crippen LogP contribution in [0.3, 0.4) is 0 Å². The fraction of sp³-hybridized carbons (Fsp3) is 0.429. The van der Waals surface area contributed by atoms with Gasteiger partial charge in [-0.15, -0.1) is 0 Å². The number of ether oxygens (including phenoxy) is 1. The average molecular weight is 256 g/mol. The Labute approximate surface area is 112 Å². The van der Waals surface area contributed by atoms with E-state index in [9.17, 15) is 0 Å². The molecule has 0 fully saturated rings. The highest BCUT2D eigenvalue weighted by Gasteiger charge is 2.31. The van der Waals surface area contributed by atoms with Crippen molar-refractivity contribution in [2.75, 3.05) is 18.1 Å². The van der Waals surface area contributed by atoms with Crippen molar-refractivity contribution in [3.05, 3.63) is 41.8 Å². The number of hydrogen-bond acceptors (Lipinski definition) is 5. The van der Waals surface area contributed by atoms with Crippen LogP contribution in [0, 0.1) is 0 Å². The molecule has 5 heteroatoms. The second-order valence-corrected chi connectivity index (χ2v) is 5.05. The van der Waals surface area contributed by atoms with Crippen molar-refractivity contribution in [3.63, 3.8) is 0 Å². The van der Waals surface area contributed by atoms with E-state index in [1.807, 2.05) is 12.3 Å². The standard InChI is InChI=1S/C14H16N4O/c1-6-18-10(8-19-7-1)2-3-11-13-12(4-5-15-11)16-9-17-14(13)18/h1,6,8-9,11,15H,2-5,7H2. The van der Waals surface area contributed by atoms with Crippen LogP contribution in [-0.4, -0.2) is 23.1 Å². The lowest BCUT2D eigenvalue weighted by Crippen LogP contribution is -2.31. The molecule has 3 aliphatic rings. The first kappa shape index (κ1) is 11.0. The molecule has 5 nitrogen and oxygen atoms in total. The monoisotopic (exact) mass is 256 g/mol. The lowest BCUT2D eigenvalue weighted by atomic mass is 9.97. The maximum atomic E-state index is 5.49. The summed E-state index contributed by atoms with van der Waals surface area (Å²) >= 11 is 0. The summed E-state index contributed by atoms with van der Waals surface area (Å²) in [6, 6.07) is 0.362. The van der Waals surface area contributed by atoms with Crippen molar-refractivity contribution in [2.45, 2.75) is 25.3 Å². The molecule has 4 rings (SSSR count). The fourth-order valence-corrected chi connectivity index (χ4v) is 3.06. The molecule has 3 aliphatic heterocycles. The van der Waals surface area contributed by atoms with Crippen LogP contribution < -0.4 is 10.2 Å². The smallest absolute Gasteiger partial charge is 0.145 e. The van der Waals surface area contributed by atoms with Gasteiger partial charge in [-0.1, -0.05) is 0 Å². The summed E-state index contributed by atoms with van der Waals surface area (Å²) in [4.78, 5) is 11.1. The van der Waals surface area contributed by atoms with E-state index >= 15 is 0 Å². The van der Waals surface area contributed by atoms with E-state index in [0.717, 1.165) is 31.6 Å². The first-order chi connectivity index (χ1) is 9.43. The number of nitrogens with one attached hydrogen (secondary N) is 1. The fourth-order valence-electron chi connectivity index (χ4n) is 3.06. The van der Waals surface area contributed by atoms with Gasteiger partial charge in [0, 0.05) is 30.8 Å². The molecule has 1 aromatic heterocycles. The molecule has 0 bridgehead atoms. The van der Waals surface area contributed by atoms with Crippen LogP contribution in [-0.2, 0) is 11.2 Å². The molecular formula is C14H16N4O. The van der Waals surface area contributed by atoms with Crippen LogP contribution in [0.5, 0.6) is 0 Å². The van der Waals surface area contributed by atoms with E-state index in [0.29, 0.717) is 12.6 Å². The number of aromatic nitrogens is 2. The van der Waals surface area contributed by atoms with Crippen molar-refractivity contribution < 1.29 is 4.74 Å². The van der Waals surface area contributed by atoms with Gasteiger partial charge in [-0.05, 0) is 18.9 Å². The first-order valence-electron chi connectivity index (χ1n) is 6.77. The summed E-state index contributed by atoms with van der Waals surface area (Å²) in [5.74, 6) is 1.01. The zero-order chi connectivity index (χ0) is 12.7. The second kappa shape index (κ2) is 4.35. The van der Waals surface area contributed by atoms with Crippen molar-refractivity contribution in [1.82, 2.24) is 15.3 Å². The van der Waals surface area contributed by atoms with E-state index in [-0.39, 0.29) is 0 Å². The van der Waals surface area contributed by atoms with Crippen molar-refractivity contribution in [1.29, 1.82) is 0 Å². The zero-order valence-corrected chi connectivity index (χ0v) is 10.7. The van der Waals surface area contributed by atoms with Gasteiger partial charge in [0.25, 0.3) is 0 Å². The maximum absolute atomic E-state index is 5.49. The molecule has 19 heavy (non-hydrogen) atoms. The van der Waals surface area contributed by atoms with Crippen LogP contribution >= 0.6 is 0 Å². The SMILES string of the molecule is C1=CN2C(=COC1)CCC1NCCc3ncnc2c31.